The molecule has 30 heavy (non-hydrogen) atoms. The van der Waals surface area contributed by atoms with E-state index in [2.05, 4.69) is 55.8 Å². The van der Waals surface area contributed by atoms with E-state index in [-0.39, 0.29) is 5.91 Å². The highest BCUT2D eigenvalue weighted by atomic mass is 127. The maximum atomic E-state index is 13.0. The molecule has 1 heterocycles. The van der Waals surface area contributed by atoms with E-state index in [1.807, 2.05) is 73.7 Å². The quantitative estimate of drug-likeness (QED) is 0.261. The minimum Gasteiger partial charge on any atom is -0.488 e. The Hall–Kier alpha value is -2.45. The van der Waals surface area contributed by atoms with Gasteiger partial charge in [0.2, 0.25) is 0 Å². The molecule has 3 aromatic rings. The van der Waals surface area contributed by atoms with Crippen molar-refractivity contribution in [3.05, 3.63) is 97.5 Å². The van der Waals surface area contributed by atoms with E-state index in [1.165, 1.54) is 8.58 Å². The normalized spacial score (nSPS) is 14.9. The smallest absolute Gasteiger partial charge is 0.280 e. The topological polar surface area (TPSA) is 41.9 Å². The summed E-state index contributed by atoms with van der Waals surface area (Å²) in [6.07, 6.45) is 1.85. The highest BCUT2D eigenvalue weighted by Crippen LogP contribution is 2.30. The summed E-state index contributed by atoms with van der Waals surface area (Å²) in [6.45, 7) is 2.29. The molecule has 0 N–H and O–H groups in total. The lowest BCUT2D eigenvalue weighted by atomic mass is 10.1. The van der Waals surface area contributed by atoms with Gasteiger partial charge in [-0.3, -0.25) is 4.79 Å². The van der Waals surface area contributed by atoms with Crippen LogP contribution in [0, 0.1) is 3.57 Å². The molecule has 4 rings (SSSR count). The Morgan fingerprint density at radius 2 is 1.80 bits per heavy atom. The van der Waals surface area contributed by atoms with E-state index in [4.69, 9.17) is 4.74 Å². The van der Waals surface area contributed by atoms with Crippen molar-refractivity contribution >= 4 is 61.9 Å². The predicted molar refractivity (Wildman–Crippen MR) is 133 cm³/mol. The van der Waals surface area contributed by atoms with Crippen LogP contribution in [0.4, 0.5) is 5.69 Å². The number of carbonyl (C=O) groups is 1. The number of nitrogens with zero attached hydrogens (tertiary/aromatic N) is 2. The summed E-state index contributed by atoms with van der Waals surface area (Å²) < 4.78 is 8.17. The number of carbonyl (C=O) groups excluding carboxylic acids is 1. The highest BCUT2D eigenvalue weighted by Gasteiger charge is 2.28. The van der Waals surface area contributed by atoms with Gasteiger partial charge in [0.25, 0.3) is 5.91 Å². The molecular formula is C24H18BrIN2O2. The second-order valence-electron chi connectivity index (χ2n) is 6.79. The molecule has 0 aromatic heterocycles. The maximum Gasteiger partial charge on any atom is 0.280 e. The van der Waals surface area contributed by atoms with Crippen LogP contribution in [0.15, 0.2) is 87.9 Å². The van der Waals surface area contributed by atoms with Crippen LogP contribution in [-0.4, -0.2) is 11.6 Å². The van der Waals surface area contributed by atoms with Gasteiger partial charge in [0, 0.05) is 13.6 Å². The minimum absolute atomic E-state index is 0.151. The summed E-state index contributed by atoms with van der Waals surface area (Å²) in [4.78, 5) is 13.0. The number of ether oxygens (including phenoxy) is 1. The molecule has 0 bridgehead atoms. The van der Waals surface area contributed by atoms with Crippen LogP contribution >= 0.6 is 38.5 Å². The van der Waals surface area contributed by atoms with E-state index in [1.54, 1.807) is 0 Å². The average Bonchev–Trinajstić information content (AvgIpc) is 3.03. The zero-order valence-corrected chi connectivity index (χ0v) is 19.9. The molecule has 1 aliphatic rings. The van der Waals surface area contributed by atoms with E-state index in [9.17, 15) is 4.79 Å². The number of para-hydroxylation sites is 1. The van der Waals surface area contributed by atoms with Crippen LogP contribution in [0.3, 0.4) is 0 Å². The summed E-state index contributed by atoms with van der Waals surface area (Å²) in [5, 5.41) is 5.89. The second-order valence-corrected chi connectivity index (χ2v) is 8.95. The SMILES string of the molecule is CC1=NN(c2ccccc2)C(=O)/C1=C/c1cc(Br)ccc1OCc1ccc(I)cc1. The van der Waals surface area contributed by atoms with Gasteiger partial charge in [0.1, 0.15) is 12.4 Å². The Balaban J connectivity index is 1.61. The third-order valence-corrected chi connectivity index (χ3v) is 5.86. The van der Waals surface area contributed by atoms with Gasteiger partial charge < -0.3 is 4.74 Å². The van der Waals surface area contributed by atoms with Crippen LogP contribution in [0.2, 0.25) is 0 Å². The maximum absolute atomic E-state index is 13.0. The lowest BCUT2D eigenvalue weighted by Gasteiger charge is -2.12. The Kier molecular flexibility index (Phi) is 6.34. The van der Waals surface area contributed by atoms with E-state index in [0.29, 0.717) is 23.6 Å². The van der Waals surface area contributed by atoms with Crippen molar-refractivity contribution in [3.8, 4) is 5.75 Å². The number of benzene rings is 3. The number of anilines is 1. The Morgan fingerprint density at radius 1 is 1.07 bits per heavy atom. The van der Waals surface area contributed by atoms with Crippen molar-refractivity contribution < 1.29 is 9.53 Å². The third kappa shape index (κ3) is 4.65. The molecule has 0 spiro atoms. The van der Waals surface area contributed by atoms with Gasteiger partial charge in [-0.25, -0.2) is 0 Å². The molecule has 0 aliphatic carbocycles. The molecule has 0 saturated heterocycles. The lowest BCUT2D eigenvalue weighted by molar-refractivity contribution is -0.114. The van der Waals surface area contributed by atoms with Crippen LogP contribution in [0.5, 0.6) is 5.75 Å². The first kappa shape index (κ1) is 20.8. The average molecular weight is 573 g/mol. The molecule has 1 amide bonds. The van der Waals surface area contributed by atoms with Gasteiger partial charge in [-0.2, -0.15) is 10.1 Å². The van der Waals surface area contributed by atoms with Gasteiger partial charge in [-0.1, -0.05) is 46.3 Å². The summed E-state index contributed by atoms with van der Waals surface area (Å²) in [5.74, 6) is 0.560. The van der Waals surface area contributed by atoms with Crippen LogP contribution in [-0.2, 0) is 11.4 Å². The van der Waals surface area contributed by atoms with Crippen molar-refractivity contribution in [2.75, 3.05) is 5.01 Å². The second kappa shape index (κ2) is 9.14. The molecule has 6 heteroatoms. The monoisotopic (exact) mass is 572 g/mol. The summed E-state index contributed by atoms with van der Waals surface area (Å²) in [6, 6.07) is 23.4. The third-order valence-electron chi connectivity index (χ3n) is 4.64. The van der Waals surface area contributed by atoms with Gasteiger partial charge in [0.15, 0.2) is 0 Å². The van der Waals surface area contributed by atoms with Crippen molar-refractivity contribution in [1.82, 2.24) is 0 Å². The first-order valence-corrected chi connectivity index (χ1v) is 11.2. The highest BCUT2D eigenvalue weighted by molar-refractivity contribution is 14.1. The number of halogens is 2. The molecule has 0 saturated carbocycles. The fourth-order valence-corrected chi connectivity index (χ4v) is 3.83. The number of hydrogen-bond donors (Lipinski definition) is 0. The molecule has 4 nitrogen and oxygen atoms in total. The van der Waals surface area contributed by atoms with E-state index >= 15 is 0 Å². The zero-order valence-electron chi connectivity index (χ0n) is 16.2. The molecule has 0 atom stereocenters. The molecule has 1 aliphatic heterocycles. The number of rotatable bonds is 5. The zero-order chi connectivity index (χ0) is 21.1. The molecule has 0 fully saturated rings. The molecular weight excluding hydrogens is 555 g/mol. The molecule has 150 valence electrons. The van der Waals surface area contributed by atoms with Gasteiger partial charge in [0.05, 0.1) is 17.0 Å². The number of hydrogen-bond acceptors (Lipinski definition) is 3. The van der Waals surface area contributed by atoms with Crippen molar-refractivity contribution in [3.63, 3.8) is 0 Å². The predicted octanol–water partition coefficient (Wildman–Crippen LogP) is 6.44. The first-order valence-electron chi connectivity index (χ1n) is 9.35. The first-order chi connectivity index (χ1) is 14.5. The fourth-order valence-electron chi connectivity index (χ4n) is 3.09. The molecule has 0 unspecified atom stereocenters. The Labute approximate surface area is 197 Å². The van der Waals surface area contributed by atoms with E-state index < -0.39 is 0 Å². The minimum atomic E-state index is -0.151. The number of amides is 1. The van der Waals surface area contributed by atoms with Crippen molar-refractivity contribution in [2.24, 2.45) is 5.10 Å². The van der Waals surface area contributed by atoms with Gasteiger partial charge >= 0.3 is 0 Å². The van der Waals surface area contributed by atoms with Crippen LogP contribution < -0.4 is 9.75 Å². The largest absolute Gasteiger partial charge is 0.488 e. The Morgan fingerprint density at radius 3 is 2.53 bits per heavy atom. The van der Waals surface area contributed by atoms with Gasteiger partial charge in [-0.05, 0) is 83.6 Å². The van der Waals surface area contributed by atoms with E-state index in [0.717, 1.165) is 21.3 Å². The fraction of sp³-hybridized carbons (Fsp3) is 0.0833. The standard InChI is InChI=1S/C24H18BrIN2O2/c1-16-22(24(29)28(27-16)21-5-3-2-4-6-21)14-18-13-19(25)9-12-23(18)30-15-17-7-10-20(26)11-8-17/h2-14H,15H2,1H3/b22-14+. The summed E-state index contributed by atoms with van der Waals surface area (Å²) in [7, 11) is 0. The summed E-state index contributed by atoms with van der Waals surface area (Å²) >= 11 is 5.80. The van der Waals surface area contributed by atoms with Crippen molar-refractivity contribution in [1.29, 1.82) is 0 Å². The van der Waals surface area contributed by atoms with Gasteiger partial charge in [-0.15, -0.1) is 0 Å². The Bertz CT molecular complexity index is 1140. The van der Waals surface area contributed by atoms with Crippen molar-refractivity contribution in [2.45, 2.75) is 13.5 Å². The van der Waals surface area contributed by atoms with Crippen LogP contribution in [0.1, 0.15) is 18.1 Å². The molecule has 0 radical (unpaired) electrons. The summed E-state index contributed by atoms with van der Waals surface area (Å²) in [5.41, 5.74) is 3.88. The lowest BCUT2D eigenvalue weighted by Crippen LogP contribution is -2.21. The van der Waals surface area contributed by atoms with Crippen LogP contribution in [0.25, 0.3) is 6.08 Å². The molecule has 3 aromatic carbocycles. The number of hydrazone groups is 1.